The zero-order chi connectivity index (χ0) is 12.4. The van der Waals surface area contributed by atoms with E-state index >= 15 is 0 Å². The fourth-order valence-electron chi connectivity index (χ4n) is 2.18. The van der Waals surface area contributed by atoms with Crippen LogP contribution in [0.25, 0.3) is 0 Å². The predicted octanol–water partition coefficient (Wildman–Crippen LogP) is 1.52. The van der Waals surface area contributed by atoms with E-state index in [1.165, 1.54) is 6.07 Å². The number of nitro benzene ring substituents is 1. The summed E-state index contributed by atoms with van der Waals surface area (Å²) in [6.45, 7) is 1.90. The number of benzene rings is 1. The van der Waals surface area contributed by atoms with Crippen LogP contribution in [0.4, 0.5) is 15.8 Å². The van der Waals surface area contributed by atoms with E-state index in [0.717, 1.165) is 12.5 Å². The Labute approximate surface area is 98.2 Å². The molecule has 0 aliphatic carbocycles. The van der Waals surface area contributed by atoms with Crippen molar-refractivity contribution in [3.8, 4) is 0 Å². The number of nitro groups is 1. The van der Waals surface area contributed by atoms with Crippen molar-refractivity contribution in [3.63, 3.8) is 0 Å². The monoisotopic (exact) mass is 239 g/mol. The molecule has 0 spiro atoms. The van der Waals surface area contributed by atoms with E-state index in [9.17, 15) is 14.5 Å². The van der Waals surface area contributed by atoms with E-state index in [4.69, 9.17) is 5.73 Å². The molecule has 17 heavy (non-hydrogen) atoms. The van der Waals surface area contributed by atoms with Crippen LogP contribution in [-0.4, -0.2) is 24.6 Å². The van der Waals surface area contributed by atoms with Crippen LogP contribution in [0.2, 0.25) is 0 Å². The van der Waals surface area contributed by atoms with Crippen LogP contribution < -0.4 is 10.6 Å². The Kier molecular flexibility index (Phi) is 3.23. The van der Waals surface area contributed by atoms with Gasteiger partial charge in [-0.2, -0.15) is 4.39 Å². The number of hydrogen-bond donors (Lipinski definition) is 1. The van der Waals surface area contributed by atoms with Gasteiger partial charge in [0, 0.05) is 13.1 Å². The van der Waals surface area contributed by atoms with Crippen molar-refractivity contribution >= 4 is 11.4 Å². The van der Waals surface area contributed by atoms with Gasteiger partial charge in [0.25, 0.3) is 0 Å². The molecule has 0 amide bonds. The molecule has 1 aliphatic heterocycles. The average Bonchev–Trinajstić information content (AvgIpc) is 2.76. The lowest BCUT2D eigenvalue weighted by Gasteiger charge is -2.18. The summed E-state index contributed by atoms with van der Waals surface area (Å²) < 4.78 is 13.4. The van der Waals surface area contributed by atoms with Crippen molar-refractivity contribution in [2.24, 2.45) is 11.7 Å². The van der Waals surface area contributed by atoms with Crippen molar-refractivity contribution in [3.05, 3.63) is 34.1 Å². The van der Waals surface area contributed by atoms with Crippen molar-refractivity contribution < 1.29 is 9.31 Å². The van der Waals surface area contributed by atoms with Crippen molar-refractivity contribution in [1.82, 2.24) is 0 Å². The Bertz CT molecular complexity index is 439. The van der Waals surface area contributed by atoms with E-state index < -0.39 is 16.4 Å². The van der Waals surface area contributed by atoms with Gasteiger partial charge in [-0.25, -0.2) is 0 Å². The number of rotatable bonds is 3. The first-order chi connectivity index (χ1) is 8.13. The van der Waals surface area contributed by atoms with Crippen LogP contribution in [0.1, 0.15) is 6.42 Å². The molecule has 5 nitrogen and oxygen atoms in total. The zero-order valence-corrected chi connectivity index (χ0v) is 9.30. The number of anilines is 1. The number of nitrogens with zero attached hydrogens (tertiary/aromatic N) is 2. The SMILES string of the molecule is NCC1CCN(c2cccc(F)c2[N+](=O)[O-])C1. The van der Waals surface area contributed by atoms with Gasteiger partial charge in [-0.1, -0.05) is 6.07 Å². The van der Waals surface area contributed by atoms with Crippen LogP contribution in [0.15, 0.2) is 18.2 Å². The van der Waals surface area contributed by atoms with Crippen LogP contribution in [0, 0.1) is 21.8 Å². The van der Waals surface area contributed by atoms with Gasteiger partial charge < -0.3 is 10.6 Å². The third kappa shape index (κ3) is 2.21. The number of para-hydroxylation sites is 1. The Morgan fingerprint density at radius 2 is 2.35 bits per heavy atom. The highest BCUT2D eigenvalue weighted by molar-refractivity contribution is 5.64. The third-order valence-electron chi connectivity index (χ3n) is 3.11. The Hall–Kier alpha value is -1.69. The molecule has 0 aromatic heterocycles. The molecule has 0 radical (unpaired) electrons. The largest absolute Gasteiger partial charge is 0.366 e. The molecule has 1 aliphatic rings. The first-order valence-electron chi connectivity index (χ1n) is 5.51. The van der Waals surface area contributed by atoms with Gasteiger partial charge in [0.2, 0.25) is 5.82 Å². The molecule has 2 N–H and O–H groups in total. The van der Waals surface area contributed by atoms with E-state index in [0.29, 0.717) is 31.2 Å². The molecule has 92 valence electrons. The lowest BCUT2D eigenvalue weighted by molar-refractivity contribution is -0.386. The minimum atomic E-state index is -0.788. The van der Waals surface area contributed by atoms with Crippen LogP contribution >= 0.6 is 0 Å². The summed E-state index contributed by atoms with van der Waals surface area (Å²) in [7, 11) is 0. The molecule has 1 unspecified atom stereocenters. The number of nitrogens with two attached hydrogens (primary N) is 1. The maximum atomic E-state index is 13.4. The lowest BCUT2D eigenvalue weighted by atomic mass is 10.1. The first-order valence-corrected chi connectivity index (χ1v) is 5.51. The molecule has 1 heterocycles. The molecular formula is C11H14FN3O2. The highest BCUT2D eigenvalue weighted by Gasteiger charge is 2.29. The molecule has 2 rings (SSSR count). The van der Waals surface area contributed by atoms with Gasteiger partial charge in [-0.3, -0.25) is 10.1 Å². The number of hydrogen-bond acceptors (Lipinski definition) is 4. The lowest BCUT2D eigenvalue weighted by Crippen LogP contribution is -2.23. The van der Waals surface area contributed by atoms with Crippen molar-refractivity contribution in [1.29, 1.82) is 0 Å². The maximum Gasteiger partial charge on any atom is 0.327 e. The summed E-state index contributed by atoms with van der Waals surface area (Å²) in [6, 6.07) is 4.19. The normalized spacial score (nSPS) is 19.6. The Morgan fingerprint density at radius 1 is 1.59 bits per heavy atom. The molecule has 6 heteroatoms. The minimum Gasteiger partial charge on any atom is -0.366 e. The predicted molar refractivity (Wildman–Crippen MR) is 62.4 cm³/mol. The van der Waals surface area contributed by atoms with Crippen molar-refractivity contribution in [2.75, 3.05) is 24.5 Å². The molecule has 1 saturated heterocycles. The quantitative estimate of drug-likeness (QED) is 0.641. The average molecular weight is 239 g/mol. The summed E-state index contributed by atoms with van der Waals surface area (Å²) in [5.41, 5.74) is 5.48. The standard InChI is InChI=1S/C11H14FN3O2/c12-9-2-1-3-10(11(9)15(16)17)14-5-4-8(6-13)7-14/h1-3,8H,4-7,13H2. The summed E-state index contributed by atoms with van der Waals surface area (Å²) in [5, 5.41) is 10.9. The van der Waals surface area contributed by atoms with Crippen molar-refractivity contribution in [2.45, 2.75) is 6.42 Å². The molecule has 1 aromatic carbocycles. The smallest absolute Gasteiger partial charge is 0.327 e. The topological polar surface area (TPSA) is 72.4 Å². The summed E-state index contributed by atoms with van der Waals surface area (Å²) in [5.74, 6) is -0.457. The maximum absolute atomic E-state index is 13.4. The Morgan fingerprint density at radius 3 is 2.94 bits per heavy atom. The van der Waals surface area contributed by atoms with Crippen LogP contribution in [-0.2, 0) is 0 Å². The molecule has 0 saturated carbocycles. The summed E-state index contributed by atoms with van der Waals surface area (Å²) in [4.78, 5) is 12.0. The molecule has 0 bridgehead atoms. The van der Waals surface area contributed by atoms with E-state index in [2.05, 4.69) is 0 Å². The number of halogens is 1. The van der Waals surface area contributed by atoms with Gasteiger partial charge >= 0.3 is 5.69 Å². The zero-order valence-electron chi connectivity index (χ0n) is 9.30. The molecule has 1 aromatic rings. The van der Waals surface area contributed by atoms with E-state index in [1.54, 1.807) is 6.07 Å². The minimum absolute atomic E-state index is 0.331. The van der Waals surface area contributed by atoms with Gasteiger partial charge in [-0.15, -0.1) is 0 Å². The second kappa shape index (κ2) is 4.67. The highest BCUT2D eigenvalue weighted by Crippen LogP contribution is 2.33. The molecule has 1 atom stereocenters. The van der Waals surface area contributed by atoms with Gasteiger partial charge in [0.15, 0.2) is 0 Å². The van der Waals surface area contributed by atoms with E-state index in [-0.39, 0.29) is 0 Å². The highest BCUT2D eigenvalue weighted by atomic mass is 19.1. The van der Waals surface area contributed by atoms with Gasteiger partial charge in [0.05, 0.1) is 4.92 Å². The van der Waals surface area contributed by atoms with E-state index in [1.807, 2.05) is 4.90 Å². The third-order valence-corrected chi connectivity index (χ3v) is 3.11. The fourth-order valence-corrected chi connectivity index (χ4v) is 2.18. The Balaban J connectivity index is 2.33. The summed E-state index contributed by atoms with van der Waals surface area (Å²) in [6.07, 6.45) is 0.893. The first kappa shape index (κ1) is 11.8. The van der Waals surface area contributed by atoms with Crippen LogP contribution in [0.3, 0.4) is 0 Å². The molecular weight excluding hydrogens is 225 g/mol. The van der Waals surface area contributed by atoms with Gasteiger partial charge in [0.1, 0.15) is 5.69 Å². The van der Waals surface area contributed by atoms with Crippen LogP contribution in [0.5, 0.6) is 0 Å². The second-order valence-electron chi connectivity index (χ2n) is 4.20. The van der Waals surface area contributed by atoms with Gasteiger partial charge in [-0.05, 0) is 31.0 Å². The second-order valence-corrected chi connectivity index (χ2v) is 4.20. The fraction of sp³-hybridized carbons (Fsp3) is 0.455. The summed E-state index contributed by atoms with van der Waals surface area (Å²) >= 11 is 0. The molecule has 1 fully saturated rings.